The van der Waals surface area contributed by atoms with Gasteiger partial charge in [-0.15, -0.1) is 5.10 Å². The van der Waals surface area contributed by atoms with Gasteiger partial charge in [-0.1, -0.05) is 60.3 Å². The summed E-state index contributed by atoms with van der Waals surface area (Å²) in [4.78, 5) is 0. The van der Waals surface area contributed by atoms with E-state index in [1.165, 1.54) is 17.1 Å². The lowest BCUT2D eigenvalue weighted by Crippen LogP contribution is -2.25. The zero-order valence-electron chi connectivity index (χ0n) is 10.4. The van der Waals surface area contributed by atoms with Crippen molar-refractivity contribution in [1.29, 1.82) is 0 Å². The fraction of sp³-hybridized carbons (Fsp3) is 0.385. The topological polar surface area (TPSA) is 37.8 Å². The predicted octanol–water partition coefficient (Wildman–Crippen LogP) is 3.68. The summed E-state index contributed by atoms with van der Waals surface area (Å²) >= 11 is 7.23. The molecule has 1 aromatic carbocycles. The molecule has 0 aliphatic carbocycles. The normalized spacial score (nSPS) is 12.9. The number of halogens is 1. The molecule has 0 amide bonds. The van der Waals surface area contributed by atoms with Crippen LogP contribution in [-0.4, -0.2) is 9.59 Å². The summed E-state index contributed by atoms with van der Waals surface area (Å²) in [6.45, 7) is 5.05. The number of hydrogen-bond acceptors (Lipinski definition) is 4. The number of benzene rings is 1. The van der Waals surface area contributed by atoms with Gasteiger partial charge in [-0.05, 0) is 11.5 Å². The monoisotopic (exact) mass is 281 g/mol. The van der Waals surface area contributed by atoms with Gasteiger partial charge < -0.3 is 5.32 Å². The second-order valence-corrected chi connectivity index (χ2v) is 5.86. The lowest BCUT2D eigenvalue weighted by atomic mass is 9.96. The molecule has 96 valence electrons. The summed E-state index contributed by atoms with van der Waals surface area (Å²) in [5, 5.41) is 7.51. The van der Waals surface area contributed by atoms with E-state index in [-0.39, 0.29) is 0 Å². The Balaban J connectivity index is 2.06. The molecule has 1 N–H and O–H groups in total. The quantitative estimate of drug-likeness (QED) is 0.908. The second-order valence-electron chi connectivity index (χ2n) is 4.51. The van der Waals surface area contributed by atoms with Crippen molar-refractivity contribution in [3.8, 4) is 0 Å². The van der Waals surface area contributed by atoms with Gasteiger partial charge in [0, 0.05) is 24.1 Å². The van der Waals surface area contributed by atoms with Gasteiger partial charge in [-0.2, -0.15) is 0 Å². The molecule has 2 rings (SSSR count). The van der Waals surface area contributed by atoms with Crippen LogP contribution in [0.1, 0.15) is 31.1 Å². The Morgan fingerprint density at radius 3 is 2.56 bits per heavy atom. The van der Waals surface area contributed by atoms with E-state index in [1.807, 2.05) is 6.07 Å². The Morgan fingerprint density at radius 1 is 1.28 bits per heavy atom. The Morgan fingerprint density at radius 2 is 2.00 bits per heavy atom. The van der Waals surface area contributed by atoms with E-state index in [9.17, 15) is 0 Å². The highest BCUT2D eigenvalue weighted by Gasteiger charge is 2.16. The zero-order chi connectivity index (χ0) is 13.0. The molecule has 1 heterocycles. The third-order valence-electron chi connectivity index (χ3n) is 2.82. The molecule has 0 aliphatic rings. The summed E-state index contributed by atoms with van der Waals surface area (Å²) < 4.78 is 4.50. The number of hydrogen-bond donors (Lipinski definition) is 1. The van der Waals surface area contributed by atoms with Gasteiger partial charge in [-0.3, -0.25) is 0 Å². The Kier molecular flexibility index (Phi) is 4.69. The molecule has 0 fully saturated rings. The SMILES string of the molecule is CC(C)C(NCc1nnsc1Cl)c1ccccc1. The van der Waals surface area contributed by atoms with Crippen LogP contribution in [0, 0.1) is 5.92 Å². The summed E-state index contributed by atoms with van der Waals surface area (Å²) in [5.74, 6) is 0.498. The third-order valence-corrected chi connectivity index (χ3v) is 3.81. The van der Waals surface area contributed by atoms with Crippen LogP contribution in [0.15, 0.2) is 30.3 Å². The molecule has 1 aromatic heterocycles. The van der Waals surface area contributed by atoms with Crippen LogP contribution < -0.4 is 5.32 Å². The molecule has 1 atom stereocenters. The molecule has 0 saturated carbocycles. The maximum atomic E-state index is 6.00. The Hall–Kier alpha value is -0.970. The van der Waals surface area contributed by atoms with E-state index < -0.39 is 0 Å². The van der Waals surface area contributed by atoms with Crippen molar-refractivity contribution in [2.45, 2.75) is 26.4 Å². The first kappa shape index (κ1) is 13.5. The number of nitrogens with one attached hydrogen (secondary N) is 1. The molecule has 18 heavy (non-hydrogen) atoms. The molecule has 0 saturated heterocycles. The van der Waals surface area contributed by atoms with Crippen molar-refractivity contribution >= 4 is 23.1 Å². The minimum absolute atomic E-state index is 0.295. The van der Waals surface area contributed by atoms with Gasteiger partial charge in [-0.25, -0.2) is 0 Å². The molecule has 3 nitrogen and oxygen atoms in total. The van der Waals surface area contributed by atoms with E-state index in [0.717, 1.165) is 5.69 Å². The minimum atomic E-state index is 0.295. The molecular weight excluding hydrogens is 266 g/mol. The molecule has 0 bridgehead atoms. The first-order chi connectivity index (χ1) is 8.68. The summed E-state index contributed by atoms with van der Waals surface area (Å²) in [5.41, 5.74) is 2.11. The van der Waals surface area contributed by atoms with Crippen LogP contribution in [0.2, 0.25) is 4.34 Å². The lowest BCUT2D eigenvalue weighted by Gasteiger charge is -2.22. The van der Waals surface area contributed by atoms with Gasteiger partial charge in [0.05, 0.1) is 0 Å². The third kappa shape index (κ3) is 3.28. The standard InChI is InChI=1S/C13H16ClN3S/c1-9(2)12(10-6-4-3-5-7-10)15-8-11-13(14)18-17-16-11/h3-7,9,12,15H,8H2,1-2H3. The summed E-state index contributed by atoms with van der Waals surface area (Å²) in [6.07, 6.45) is 0. The largest absolute Gasteiger partial charge is 0.304 e. The predicted molar refractivity (Wildman–Crippen MR) is 75.8 cm³/mol. The van der Waals surface area contributed by atoms with Crippen LogP contribution in [0.4, 0.5) is 0 Å². The lowest BCUT2D eigenvalue weighted by molar-refractivity contribution is 0.408. The molecule has 0 spiro atoms. The van der Waals surface area contributed by atoms with Gasteiger partial charge in [0.1, 0.15) is 10.0 Å². The van der Waals surface area contributed by atoms with Crippen molar-refractivity contribution in [3.63, 3.8) is 0 Å². The fourth-order valence-corrected chi connectivity index (χ4v) is 2.53. The smallest absolute Gasteiger partial charge is 0.138 e. The summed E-state index contributed by atoms with van der Waals surface area (Å²) in [6, 6.07) is 10.7. The van der Waals surface area contributed by atoms with Crippen LogP contribution in [0.5, 0.6) is 0 Å². The molecule has 1 unspecified atom stereocenters. The molecule has 2 aromatic rings. The van der Waals surface area contributed by atoms with E-state index >= 15 is 0 Å². The van der Waals surface area contributed by atoms with Crippen LogP contribution in [0.25, 0.3) is 0 Å². The van der Waals surface area contributed by atoms with E-state index in [4.69, 9.17) is 11.6 Å². The number of aromatic nitrogens is 2. The molecule has 0 radical (unpaired) electrons. The minimum Gasteiger partial charge on any atom is -0.304 e. The highest BCUT2D eigenvalue weighted by atomic mass is 35.5. The van der Waals surface area contributed by atoms with Crippen molar-refractivity contribution < 1.29 is 0 Å². The van der Waals surface area contributed by atoms with Gasteiger partial charge in [0.15, 0.2) is 0 Å². The first-order valence-corrected chi connectivity index (χ1v) is 7.08. The Bertz CT molecular complexity index is 484. The average Bonchev–Trinajstić information content (AvgIpc) is 2.76. The van der Waals surface area contributed by atoms with Gasteiger partial charge in [0.25, 0.3) is 0 Å². The zero-order valence-corrected chi connectivity index (χ0v) is 12.0. The average molecular weight is 282 g/mol. The molecule has 0 aliphatic heterocycles. The maximum Gasteiger partial charge on any atom is 0.138 e. The van der Waals surface area contributed by atoms with Crippen LogP contribution >= 0.6 is 23.1 Å². The molecular formula is C13H16ClN3S. The highest BCUT2D eigenvalue weighted by Crippen LogP contribution is 2.23. The Labute approximate surface area is 116 Å². The van der Waals surface area contributed by atoms with Crippen molar-refractivity contribution in [2.75, 3.05) is 0 Å². The van der Waals surface area contributed by atoms with E-state index in [2.05, 4.69) is 53.0 Å². The van der Waals surface area contributed by atoms with E-state index in [1.54, 1.807) is 0 Å². The second kappa shape index (κ2) is 6.27. The van der Waals surface area contributed by atoms with Crippen LogP contribution in [0.3, 0.4) is 0 Å². The summed E-state index contributed by atoms with van der Waals surface area (Å²) in [7, 11) is 0. The maximum absolute atomic E-state index is 6.00. The van der Waals surface area contributed by atoms with Crippen molar-refractivity contribution in [1.82, 2.24) is 14.9 Å². The van der Waals surface area contributed by atoms with Crippen molar-refractivity contribution in [3.05, 3.63) is 45.9 Å². The first-order valence-electron chi connectivity index (χ1n) is 5.93. The van der Waals surface area contributed by atoms with E-state index in [0.29, 0.717) is 22.8 Å². The van der Waals surface area contributed by atoms with Crippen molar-refractivity contribution in [2.24, 2.45) is 5.92 Å². The number of rotatable bonds is 5. The fourth-order valence-electron chi connectivity index (χ4n) is 1.91. The highest BCUT2D eigenvalue weighted by molar-refractivity contribution is 7.10. The van der Waals surface area contributed by atoms with Gasteiger partial charge in [0.2, 0.25) is 0 Å². The van der Waals surface area contributed by atoms with Gasteiger partial charge >= 0.3 is 0 Å². The molecule has 5 heteroatoms. The van der Waals surface area contributed by atoms with Crippen LogP contribution in [-0.2, 0) is 6.54 Å². The number of nitrogens with zero attached hydrogens (tertiary/aromatic N) is 2.